The summed E-state index contributed by atoms with van der Waals surface area (Å²) >= 11 is 3.12. The Morgan fingerprint density at radius 2 is 2.18 bits per heavy atom. The maximum absolute atomic E-state index is 11.1. The molecule has 0 fully saturated rings. The summed E-state index contributed by atoms with van der Waals surface area (Å²) in [5.41, 5.74) is 0.637. The predicted octanol–water partition coefficient (Wildman–Crippen LogP) is 1.40. The number of pyridine rings is 1. The van der Waals surface area contributed by atoms with Crippen LogP contribution < -0.4 is 9.47 Å². The quantitative estimate of drug-likeness (QED) is 0.405. The van der Waals surface area contributed by atoms with E-state index in [9.17, 15) is 5.21 Å². The highest BCUT2D eigenvalue weighted by Gasteiger charge is 2.10. The largest absolute Gasteiger partial charge is 0.618 e. The van der Waals surface area contributed by atoms with Crippen LogP contribution in [0.4, 0.5) is 0 Å². The first-order chi connectivity index (χ1) is 5.16. The fraction of sp³-hybridized carbons (Fsp3) is 0.286. The van der Waals surface area contributed by atoms with E-state index < -0.39 is 0 Å². The second kappa shape index (κ2) is 3.09. The fourth-order valence-electron chi connectivity index (χ4n) is 0.740. The summed E-state index contributed by atoms with van der Waals surface area (Å²) < 4.78 is 6.11. The Kier molecular flexibility index (Phi) is 2.34. The van der Waals surface area contributed by atoms with Gasteiger partial charge >= 0.3 is 4.60 Å². The van der Waals surface area contributed by atoms with Gasteiger partial charge in [-0.05, 0) is 6.07 Å². The van der Waals surface area contributed by atoms with Crippen molar-refractivity contribution in [3.05, 3.63) is 27.6 Å². The van der Waals surface area contributed by atoms with Gasteiger partial charge in [0.25, 0.3) is 0 Å². The van der Waals surface area contributed by atoms with Gasteiger partial charge < -0.3 is 9.94 Å². The van der Waals surface area contributed by atoms with Crippen LogP contribution in [-0.4, -0.2) is 7.11 Å². The van der Waals surface area contributed by atoms with Gasteiger partial charge in [0.15, 0.2) is 11.4 Å². The van der Waals surface area contributed by atoms with Gasteiger partial charge in [-0.3, -0.25) is 0 Å². The predicted molar refractivity (Wildman–Crippen MR) is 44.4 cm³/mol. The zero-order valence-electron chi connectivity index (χ0n) is 6.30. The number of ether oxygens (including phenoxy) is 1. The first-order valence-corrected chi connectivity index (χ1v) is 3.88. The van der Waals surface area contributed by atoms with Crippen LogP contribution in [0.1, 0.15) is 5.69 Å². The summed E-state index contributed by atoms with van der Waals surface area (Å²) in [6.07, 6.45) is 0. The SMILES string of the molecule is COc1ccc(C)[n+]([O-])c1Br. The molecule has 0 saturated heterocycles. The number of nitrogens with zero attached hydrogens (tertiary/aromatic N) is 1. The van der Waals surface area contributed by atoms with Crippen LogP contribution in [0.3, 0.4) is 0 Å². The highest BCUT2D eigenvalue weighted by atomic mass is 79.9. The van der Waals surface area contributed by atoms with E-state index in [4.69, 9.17) is 4.74 Å². The minimum absolute atomic E-state index is 0.417. The molecule has 0 atom stereocenters. The van der Waals surface area contributed by atoms with Crippen molar-refractivity contribution in [3.8, 4) is 5.75 Å². The van der Waals surface area contributed by atoms with Gasteiger partial charge in [0.2, 0.25) is 0 Å². The normalized spacial score (nSPS) is 9.73. The Labute approximate surface area is 73.3 Å². The van der Waals surface area contributed by atoms with Crippen LogP contribution in [0.25, 0.3) is 0 Å². The molecule has 1 rings (SSSR count). The molecule has 0 aliphatic heterocycles. The number of hydrogen-bond acceptors (Lipinski definition) is 2. The second-order valence-electron chi connectivity index (χ2n) is 2.13. The topological polar surface area (TPSA) is 36.2 Å². The van der Waals surface area contributed by atoms with Crippen LogP contribution >= 0.6 is 15.9 Å². The smallest absolute Gasteiger partial charge is 0.301 e. The number of halogens is 1. The first-order valence-electron chi connectivity index (χ1n) is 3.09. The zero-order valence-corrected chi connectivity index (χ0v) is 7.88. The molecule has 0 amide bonds. The molecule has 0 aliphatic carbocycles. The van der Waals surface area contributed by atoms with Crippen LogP contribution in [0.15, 0.2) is 16.7 Å². The van der Waals surface area contributed by atoms with Crippen molar-refractivity contribution in [3.63, 3.8) is 0 Å². The van der Waals surface area contributed by atoms with Gasteiger partial charge in [-0.15, -0.1) is 0 Å². The van der Waals surface area contributed by atoms with E-state index in [1.807, 2.05) is 0 Å². The summed E-state index contributed by atoms with van der Waals surface area (Å²) in [5, 5.41) is 11.1. The van der Waals surface area contributed by atoms with Crippen LogP contribution in [-0.2, 0) is 0 Å². The molecule has 0 N–H and O–H groups in total. The summed E-state index contributed by atoms with van der Waals surface area (Å²) in [6, 6.07) is 3.45. The number of hydrogen-bond donors (Lipinski definition) is 0. The van der Waals surface area contributed by atoms with E-state index in [0.717, 1.165) is 4.73 Å². The van der Waals surface area contributed by atoms with Crippen molar-refractivity contribution in [1.29, 1.82) is 0 Å². The fourth-order valence-corrected chi connectivity index (χ4v) is 1.31. The van der Waals surface area contributed by atoms with Crippen LogP contribution in [0, 0.1) is 12.1 Å². The van der Waals surface area contributed by atoms with E-state index in [1.54, 1.807) is 19.1 Å². The van der Waals surface area contributed by atoms with Crippen molar-refractivity contribution in [1.82, 2.24) is 0 Å². The van der Waals surface area contributed by atoms with Crippen molar-refractivity contribution in [2.75, 3.05) is 7.11 Å². The third-order valence-corrected chi connectivity index (χ3v) is 2.11. The van der Waals surface area contributed by atoms with E-state index in [-0.39, 0.29) is 0 Å². The van der Waals surface area contributed by atoms with Crippen LogP contribution in [0.2, 0.25) is 0 Å². The van der Waals surface area contributed by atoms with E-state index >= 15 is 0 Å². The lowest BCUT2D eigenvalue weighted by atomic mass is 10.4. The summed E-state index contributed by atoms with van der Waals surface area (Å²) in [5.74, 6) is 0.547. The summed E-state index contributed by atoms with van der Waals surface area (Å²) in [6.45, 7) is 1.73. The maximum Gasteiger partial charge on any atom is 0.301 e. The molecule has 0 aliphatic rings. The Morgan fingerprint density at radius 1 is 1.55 bits per heavy atom. The zero-order chi connectivity index (χ0) is 8.43. The van der Waals surface area contributed by atoms with E-state index in [1.165, 1.54) is 7.11 Å². The van der Waals surface area contributed by atoms with Crippen molar-refractivity contribution in [2.24, 2.45) is 0 Å². The molecule has 1 heterocycles. The van der Waals surface area contributed by atoms with Crippen LogP contribution in [0.5, 0.6) is 5.75 Å². The Bertz CT molecular complexity index is 275. The van der Waals surface area contributed by atoms with E-state index in [2.05, 4.69) is 15.9 Å². The summed E-state index contributed by atoms with van der Waals surface area (Å²) in [7, 11) is 1.52. The molecule has 1 aromatic heterocycles. The number of methoxy groups -OCH3 is 1. The molecule has 60 valence electrons. The van der Waals surface area contributed by atoms with Gasteiger partial charge in [-0.2, -0.15) is 4.73 Å². The molecule has 0 radical (unpaired) electrons. The molecule has 11 heavy (non-hydrogen) atoms. The number of aryl methyl sites for hydroxylation is 1. The molecule has 0 unspecified atom stereocenters. The number of aromatic nitrogens is 1. The Balaban J connectivity index is 3.25. The van der Waals surface area contributed by atoms with E-state index in [0.29, 0.717) is 16.0 Å². The monoisotopic (exact) mass is 217 g/mol. The molecule has 1 aromatic rings. The summed E-state index contributed by atoms with van der Waals surface area (Å²) in [4.78, 5) is 0. The third-order valence-electron chi connectivity index (χ3n) is 1.40. The molecular weight excluding hydrogens is 210 g/mol. The van der Waals surface area contributed by atoms with Gasteiger partial charge in [0.05, 0.1) is 7.11 Å². The highest BCUT2D eigenvalue weighted by Crippen LogP contribution is 2.19. The number of rotatable bonds is 1. The molecule has 3 nitrogen and oxygen atoms in total. The lowest BCUT2D eigenvalue weighted by Crippen LogP contribution is -2.31. The molecule has 0 bridgehead atoms. The van der Waals surface area contributed by atoms with Gasteiger partial charge in [0, 0.05) is 28.9 Å². The molecular formula is C7H8BrNO2. The second-order valence-corrected chi connectivity index (χ2v) is 2.88. The first kappa shape index (κ1) is 8.33. The van der Waals surface area contributed by atoms with Gasteiger partial charge in [-0.25, -0.2) is 0 Å². The molecule has 4 heteroatoms. The van der Waals surface area contributed by atoms with Gasteiger partial charge in [-0.1, -0.05) is 0 Å². The lowest BCUT2D eigenvalue weighted by Gasteiger charge is -2.05. The standard InChI is InChI=1S/C7H8BrNO2/c1-5-3-4-6(11-2)7(8)9(5)10/h3-4H,1-2H3. The molecule has 0 aromatic carbocycles. The average molecular weight is 218 g/mol. The molecule has 0 spiro atoms. The van der Waals surface area contributed by atoms with Gasteiger partial charge in [0.1, 0.15) is 0 Å². The minimum atomic E-state index is 0.417. The Hall–Kier alpha value is -0.770. The maximum atomic E-state index is 11.1. The van der Waals surface area contributed by atoms with Crippen molar-refractivity contribution >= 4 is 15.9 Å². The highest BCUT2D eigenvalue weighted by molar-refractivity contribution is 9.10. The minimum Gasteiger partial charge on any atom is -0.618 e. The Morgan fingerprint density at radius 3 is 2.73 bits per heavy atom. The molecule has 0 saturated carbocycles. The lowest BCUT2D eigenvalue weighted by molar-refractivity contribution is -0.624. The third kappa shape index (κ3) is 1.45. The average Bonchev–Trinajstić information content (AvgIpc) is 2.01. The van der Waals surface area contributed by atoms with Crippen molar-refractivity contribution in [2.45, 2.75) is 6.92 Å². The van der Waals surface area contributed by atoms with Crippen molar-refractivity contribution < 1.29 is 9.47 Å².